The molecule has 1 amide bonds. The van der Waals surface area contributed by atoms with Crippen LogP contribution in [0.25, 0.3) is 0 Å². The van der Waals surface area contributed by atoms with Crippen molar-refractivity contribution in [3.05, 3.63) is 51.2 Å². The number of hydrogen-bond donors (Lipinski definition) is 0. The number of para-hydroxylation sites is 1. The Kier molecular flexibility index (Phi) is 4.43. The lowest BCUT2D eigenvalue weighted by Crippen LogP contribution is -2.48. The average molecular weight is 415 g/mol. The first-order valence-electron chi connectivity index (χ1n) is 8.29. The van der Waals surface area contributed by atoms with E-state index in [4.69, 9.17) is 11.6 Å². The molecular formula is C18H14ClF3N2O2S. The predicted molar refractivity (Wildman–Crippen MR) is 96.7 cm³/mol. The lowest BCUT2D eigenvalue weighted by molar-refractivity contribution is -0.0882. The van der Waals surface area contributed by atoms with Crippen molar-refractivity contribution in [2.45, 2.75) is 24.7 Å². The second-order valence-corrected chi connectivity index (χ2v) is 8.09. The number of carbonyl (C=O) groups excluding carboxylic acids is 2. The molecule has 2 aliphatic heterocycles. The van der Waals surface area contributed by atoms with Crippen LogP contribution in [-0.2, 0) is 0 Å². The van der Waals surface area contributed by atoms with Gasteiger partial charge in [-0.2, -0.15) is 13.2 Å². The fourth-order valence-corrected chi connectivity index (χ4v) is 4.92. The van der Waals surface area contributed by atoms with Gasteiger partial charge in [0.15, 0.2) is 0 Å². The van der Waals surface area contributed by atoms with Gasteiger partial charge in [-0.25, -0.2) is 0 Å². The average Bonchev–Trinajstić information content (AvgIpc) is 3.35. The number of amides is 1. The van der Waals surface area contributed by atoms with Gasteiger partial charge < -0.3 is 9.80 Å². The minimum atomic E-state index is -4.94. The summed E-state index contributed by atoms with van der Waals surface area (Å²) in [5.74, 6) is -2.24. The van der Waals surface area contributed by atoms with Crippen LogP contribution in [0.2, 0.25) is 5.02 Å². The molecule has 3 heterocycles. The van der Waals surface area contributed by atoms with Gasteiger partial charge >= 0.3 is 6.18 Å². The van der Waals surface area contributed by atoms with E-state index in [0.717, 1.165) is 18.2 Å². The van der Waals surface area contributed by atoms with E-state index in [9.17, 15) is 22.8 Å². The fraction of sp³-hybridized carbons (Fsp3) is 0.333. The van der Waals surface area contributed by atoms with Crippen molar-refractivity contribution >= 4 is 40.3 Å². The van der Waals surface area contributed by atoms with E-state index >= 15 is 0 Å². The molecule has 1 aromatic carbocycles. The van der Waals surface area contributed by atoms with Crippen molar-refractivity contribution in [3.8, 4) is 0 Å². The molecule has 0 radical (unpaired) electrons. The van der Waals surface area contributed by atoms with Crippen LogP contribution in [0.3, 0.4) is 0 Å². The monoisotopic (exact) mass is 414 g/mol. The molecule has 0 unspecified atom stereocenters. The summed E-state index contributed by atoms with van der Waals surface area (Å²) in [5.41, 5.74) is 0.924. The third-order valence-electron chi connectivity index (χ3n) is 4.96. The highest BCUT2D eigenvalue weighted by atomic mass is 35.5. The Labute approximate surface area is 162 Å². The number of likely N-dealkylation sites (tertiary alicyclic amines) is 1. The Morgan fingerprint density at radius 2 is 1.74 bits per heavy atom. The molecule has 4 rings (SSSR count). The van der Waals surface area contributed by atoms with Crippen molar-refractivity contribution in [2.75, 3.05) is 18.0 Å². The van der Waals surface area contributed by atoms with Crippen molar-refractivity contribution < 1.29 is 22.8 Å². The quantitative estimate of drug-likeness (QED) is 0.705. The summed E-state index contributed by atoms with van der Waals surface area (Å²) < 4.78 is 37.7. The Bertz CT molecular complexity index is 914. The maximum Gasteiger partial charge on any atom is 0.455 e. The van der Waals surface area contributed by atoms with E-state index in [-0.39, 0.29) is 22.9 Å². The lowest BCUT2D eigenvalue weighted by atomic mass is 10.2. The van der Waals surface area contributed by atoms with Gasteiger partial charge in [0.2, 0.25) is 0 Å². The third kappa shape index (κ3) is 3.21. The molecule has 9 heteroatoms. The van der Waals surface area contributed by atoms with Crippen LogP contribution < -0.4 is 4.90 Å². The zero-order valence-corrected chi connectivity index (χ0v) is 15.4. The van der Waals surface area contributed by atoms with Gasteiger partial charge in [-0.3, -0.25) is 9.59 Å². The molecule has 2 fully saturated rings. The van der Waals surface area contributed by atoms with Crippen LogP contribution in [0.15, 0.2) is 36.4 Å². The highest BCUT2D eigenvalue weighted by Crippen LogP contribution is 2.38. The van der Waals surface area contributed by atoms with E-state index in [1.165, 1.54) is 6.07 Å². The molecule has 2 aromatic rings. The molecule has 0 spiro atoms. The molecule has 2 bridgehead atoms. The maximum atomic E-state index is 12.7. The molecule has 2 saturated heterocycles. The lowest BCUT2D eigenvalue weighted by Gasteiger charge is -2.35. The number of thiophene rings is 1. The van der Waals surface area contributed by atoms with Gasteiger partial charge in [0.25, 0.3) is 11.7 Å². The van der Waals surface area contributed by atoms with Crippen LogP contribution in [0.4, 0.5) is 18.9 Å². The standard InChI is InChI=1S/C18H14ClF3N2O2S/c19-12-3-1-2-4-13(12)23-8-11-7-10(23)9-24(11)17(26)15-6-5-14(27-15)16(25)18(20,21)22/h1-6,10-11H,7-9H2/t10-,11-/m0/s1. The fourth-order valence-electron chi connectivity index (χ4n) is 3.75. The number of hydrogen-bond acceptors (Lipinski definition) is 4. The van der Waals surface area contributed by atoms with Gasteiger partial charge in [-0.15, -0.1) is 11.3 Å². The normalized spacial score (nSPS) is 21.8. The first kappa shape index (κ1) is 18.3. The molecule has 0 saturated carbocycles. The van der Waals surface area contributed by atoms with Gasteiger partial charge in [0.1, 0.15) is 0 Å². The number of piperazine rings is 1. The van der Waals surface area contributed by atoms with E-state index in [1.807, 2.05) is 24.3 Å². The van der Waals surface area contributed by atoms with Crippen LogP contribution in [-0.4, -0.2) is 47.9 Å². The summed E-state index contributed by atoms with van der Waals surface area (Å²) in [6.07, 6.45) is -4.15. The Hall–Kier alpha value is -2.06. The number of Topliss-reactive ketones (excluding diaryl/α,β-unsaturated/α-hetero) is 1. The molecule has 2 atom stereocenters. The van der Waals surface area contributed by atoms with Gasteiger partial charge in [-0.05, 0) is 30.7 Å². The molecule has 0 N–H and O–H groups in total. The minimum absolute atomic E-state index is 0.0253. The van der Waals surface area contributed by atoms with Crippen molar-refractivity contribution in [1.82, 2.24) is 4.90 Å². The summed E-state index contributed by atoms with van der Waals surface area (Å²) in [4.78, 5) is 27.6. The summed E-state index contributed by atoms with van der Waals surface area (Å²) in [6, 6.07) is 9.97. The van der Waals surface area contributed by atoms with E-state index in [0.29, 0.717) is 29.4 Å². The molecular weight excluding hydrogens is 401 g/mol. The molecule has 142 valence electrons. The van der Waals surface area contributed by atoms with Crippen molar-refractivity contribution in [1.29, 1.82) is 0 Å². The van der Waals surface area contributed by atoms with E-state index in [2.05, 4.69) is 4.90 Å². The van der Waals surface area contributed by atoms with Crippen LogP contribution >= 0.6 is 22.9 Å². The number of alkyl halides is 3. The minimum Gasteiger partial charge on any atom is -0.363 e. The summed E-state index contributed by atoms with van der Waals surface area (Å²) in [7, 11) is 0. The van der Waals surface area contributed by atoms with E-state index < -0.39 is 16.8 Å². The highest BCUT2D eigenvalue weighted by Gasteiger charge is 2.46. The number of benzene rings is 1. The van der Waals surface area contributed by atoms with Crippen molar-refractivity contribution in [3.63, 3.8) is 0 Å². The Morgan fingerprint density at radius 1 is 1.04 bits per heavy atom. The van der Waals surface area contributed by atoms with Gasteiger partial charge in [0, 0.05) is 19.1 Å². The smallest absolute Gasteiger partial charge is 0.363 e. The molecule has 0 aliphatic carbocycles. The van der Waals surface area contributed by atoms with Crippen LogP contribution in [0.1, 0.15) is 25.8 Å². The third-order valence-corrected chi connectivity index (χ3v) is 6.35. The number of rotatable bonds is 3. The van der Waals surface area contributed by atoms with Gasteiger partial charge in [-0.1, -0.05) is 23.7 Å². The summed E-state index contributed by atoms with van der Waals surface area (Å²) in [5, 5.41) is 0.650. The molecule has 1 aromatic heterocycles. The first-order chi connectivity index (χ1) is 12.8. The second kappa shape index (κ2) is 6.53. The number of carbonyl (C=O) groups is 2. The topological polar surface area (TPSA) is 40.6 Å². The molecule has 2 aliphatic rings. The number of halogens is 4. The van der Waals surface area contributed by atoms with Crippen LogP contribution in [0, 0.1) is 0 Å². The summed E-state index contributed by atoms with van der Waals surface area (Å²) in [6.45, 7) is 1.11. The number of nitrogens with zero attached hydrogens (tertiary/aromatic N) is 2. The maximum absolute atomic E-state index is 12.7. The largest absolute Gasteiger partial charge is 0.455 e. The second-order valence-electron chi connectivity index (χ2n) is 6.60. The van der Waals surface area contributed by atoms with Crippen LogP contribution in [0.5, 0.6) is 0 Å². The first-order valence-corrected chi connectivity index (χ1v) is 9.48. The predicted octanol–water partition coefficient (Wildman–Crippen LogP) is 4.25. The highest BCUT2D eigenvalue weighted by molar-refractivity contribution is 7.16. The molecule has 27 heavy (non-hydrogen) atoms. The Morgan fingerprint density at radius 3 is 2.37 bits per heavy atom. The van der Waals surface area contributed by atoms with Gasteiger partial charge in [0.05, 0.1) is 26.5 Å². The molecule has 4 nitrogen and oxygen atoms in total. The van der Waals surface area contributed by atoms with Crippen molar-refractivity contribution in [2.24, 2.45) is 0 Å². The SMILES string of the molecule is O=C(c1ccc(C(=O)C(F)(F)F)s1)N1C[C@@H]2C[C@H]1CN2c1ccccc1Cl. The number of fused-ring (bicyclic) bond motifs is 2. The van der Waals surface area contributed by atoms with E-state index in [1.54, 1.807) is 4.90 Å². The Balaban J connectivity index is 1.48. The zero-order chi connectivity index (χ0) is 19.3. The number of anilines is 1. The number of ketones is 1. The zero-order valence-electron chi connectivity index (χ0n) is 13.9. The summed E-state index contributed by atoms with van der Waals surface area (Å²) >= 11 is 6.86.